The van der Waals surface area contributed by atoms with Crippen LogP contribution in [0, 0.1) is 0 Å². The zero-order chi connectivity index (χ0) is 23.5. The molecule has 0 amide bonds. The van der Waals surface area contributed by atoms with E-state index < -0.39 is 18.2 Å². The lowest BCUT2D eigenvalue weighted by Gasteiger charge is -2.29. The van der Waals surface area contributed by atoms with Crippen molar-refractivity contribution >= 4 is 67.9 Å². The van der Waals surface area contributed by atoms with E-state index in [0.29, 0.717) is 34.4 Å². The molecule has 32 heavy (non-hydrogen) atoms. The maximum Gasteiger partial charge on any atom is 0.435 e. The van der Waals surface area contributed by atoms with Crippen LogP contribution >= 0.6 is 50.7 Å². The van der Waals surface area contributed by atoms with Crippen molar-refractivity contribution in [2.75, 3.05) is 17.2 Å². The molecule has 172 valence electrons. The number of carbonyl (C=O) groups is 1. The molecule has 0 spiro atoms. The maximum atomic E-state index is 14.2. The van der Waals surface area contributed by atoms with Crippen LogP contribution in [0.15, 0.2) is 41.6 Å². The lowest BCUT2D eigenvalue weighted by atomic mass is 9.86. The fourth-order valence-electron chi connectivity index (χ4n) is 3.23. The lowest BCUT2D eigenvalue weighted by Crippen LogP contribution is -2.42. The second-order valence-electron chi connectivity index (χ2n) is 7.17. The van der Waals surface area contributed by atoms with E-state index in [1.165, 1.54) is 12.1 Å². The first-order valence-electron chi connectivity index (χ1n) is 9.45. The number of nitrogens with one attached hydrogen (secondary N) is 1. The van der Waals surface area contributed by atoms with Crippen LogP contribution in [0.2, 0.25) is 15.1 Å². The Morgan fingerprint density at radius 2 is 1.84 bits per heavy atom. The summed E-state index contributed by atoms with van der Waals surface area (Å²) in [5.74, 6) is -0.0126. The molecule has 1 unspecified atom stereocenters. The van der Waals surface area contributed by atoms with E-state index in [0.717, 1.165) is 12.1 Å². The van der Waals surface area contributed by atoms with E-state index in [-0.39, 0.29) is 33.6 Å². The van der Waals surface area contributed by atoms with Gasteiger partial charge in [-0.3, -0.25) is 4.79 Å². The molecule has 1 atom stereocenters. The van der Waals surface area contributed by atoms with Gasteiger partial charge in [-0.15, -0.1) is 0 Å². The van der Waals surface area contributed by atoms with E-state index in [4.69, 9.17) is 39.6 Å². The molecule has 4 nitrogen and oxygen atoms in total. The van der Waals surface area contributed by atoms with Crippen LogP contribution in [-0.4, -0.2) is 29.5 Å². The number of Topliss-reactive ketones (excluding diaryl/α,β-unsaturated/α-hetero) is 1. The van der Waals surface area contributed by atoms with Crippen molar-refractivity contribution in [3.05, 3.63) is 62.6 Å². The van der Waals surface area contributed by atoms with E-state index in [2.05, 4.69) is 26.4 Å². The summed E-state index contributed by atoms with van der Waals surface area (Å²) in [6, 6.07) is 8.26. The minimum atomic E-state index is -4.79. The Labute approximate surface area is 206 Å². The molecule has 1 aliphatic rings. The molecule has 1 heterocycles. The number of rotatable bonds is 8. The summed E-state index contributed by atoms with van der Waals surface area (Å²) in [7, 11) is 0. The molecule has 0 radical (unpaired) electrons. The molecule has 3 rings (SSSR count). The second-order valence-corrected chi connectivity index (χ2v) is 9.24. The summed E-state index contributed by atoms with van der Waals surface area (Å²) < 4.78 is 42.5. The molecule has 0 saturated carbocycles. The fourth-order valence-corrected chi connectivity index (χ4v) is 4.22. The highest BCUT2D eigenvalue weighted by atomic mass is 79.9. The van der Waals surface area contributed by atoms with Crippen molar-refractivity contribution in [1.82, 2.24) is 0 Å². The highest BCUT2D eigenvalue weighted by molar-refractivity contribution is 9.09. The fraction of sp³-hybridized carbons (Fsp3) is 0.333. The lowest BCUT2D eigenvalue weighted by molar-refractivity contribution is -0.275. The van der Waals surface area contributed by atoms with Gasteiger partial charge in [0.1, 0.15) is 0 Å². The minimum absolute atomic E-state index is 0.0126. The summed E-state index contributed by atoms with van der Waals surface area (Å²) in [6.07, 6.45) is -4.28. The number of benzene rings is 2. The van der Waals surface area contributed by atoms with Crippen molar-refractivity contribution in [1.29, 1.82) is 0 Å². The number of carbonyl (C=O) groups excluding carboxylic acids is 1. The summed E-state index contributed by atoms with van der Waals surface area (Å²) >= 11 is 21.3. The standard InChI is InChI=1S/C21H17BrCl3F3N2O2/c22-5-1-2-16(31)11-29-18-6-12(3-4-17(18)25)19-10-20(32-30-19,21(26,27)28)13-7-14(23)9-15(24)8-13/h3-4,6-9,29H,1-2,5,10-11H2. The largest absolute Gasteiger partial charge is 0.435 e. The Balaban J connectivity index is 1.86. The zero-order valence-electron chi connectivity index (χ0n) is 16.4. The average Bonchev–Trinajstić information content (AvgIpc) is 3.18. The first-order valence-corrected chi connectivity index (χ1v) is 11.7. The third-order valence-corrected chi connectivity index (χ3v) is 6.21. The van der Waals surface area contributed by atoms with Crippen molar-refractivity contribution in [2.45, 2.75) is 31.0 Å². The van der Waals surface area contributed by atoms with Gasteiger partial charge < -0.3 is 10.2 Å². The van der Waals surface area contributed by atoms with Crippen molar-refractivity contribution in [2.24, 2.45) is 5.16 Å². The quantitative estimate of drug-likeness (QED) is 0.336. The number of oxime groups is 1. The van der Waals surface area contributed by atoms with E-state index in [1.807, 2.05) is 0 Å². The molecule has 0 saturated heterocycles. The molecule has 1 N–H and O–H groups in total. The van der Waals surface area contributed by atoms with Gasteiger partial charge in [-0.2, -0.15) is 13.2 Å². The Morgan fingerprint density at radius 1 is 1.16 bits per heavy atom. The van der Waals surface area contributed by atoms with Gasteiger partial charge in [0, 0.05) is 39.3 Å². The van der Waals surface area contributed by atoms with Gasteiger partial charge >= 0.3 is 6.18 Å². The Bertz CT molecular complexity index is 1030. The van der Waals surface area contributed by atoms with Crippen LogP contribution in [0.25, 0.3) is 0 Å². The van der Waals surface area contributed by atoms with Crippen LogP contribution in [0.1, 0.15) is 30.4 Å². The third-order valence-electron chi connectivity index (χ3n) is 4.88. The topological polar surface area (TPSA) is 50.7 Å². The molecule has 2 aromatic carbocycles. The monoisotopic (exact) mass is 570 g/mol. The predicted octanol–water partition coefficient (Wildman–Crippen LogP) is 7.39. The molecule has 11 heteroatoms. The van der Waals surface area contributed by atoms with Crippen molar-refractivity contribution in [3.8, 4) is 0 Å². The van der Waals surface area contributed by atoms with Crippen molar-refractivity contribution < 1.29 is 22.8 Å². The van der Waals surface area contributed by atoms with Gasteiger partial charge in [-0.05, 0) is 36.8 Å². The minimum Gasteiger partial charge on any atom is -0.377 e. The Kier molecular flexibility index (Phi) is 8.02. The maximum absolute atomic E-state index is 14.2. The first kappa shape index (κ1) is 25.1. The second kappa shape index (κ2) is 10.2. The molecule has 0 aromatic heterocycles. The van der Waals surface area contributed by atoms with Crippen molar-refractivity contribution in [3.63, 3.8) is 0 Å². The molecular formula is C21H17BrCl3F3N2O2. The highest BCUT2D eigenvalue weighted by Gasteiger charge is 2.62. The molecule has 0 fully saturated rings. The molecule has 0 bridgehead atoms. The van der Waals surface area contributed by atoms with Crippen LogP contribution in [0.4, 0.5) is 18.9 Å². The van der Waals surface area contributed by atoms with Gasteiger partial charge in [0.05, 0.1) is 23.0 Å². The summed E-state index contributed by atoms with van der Waals surface area (Å²) in [4.78, 5) is 16.9. The van der Waals surface area contributed by atoms with Crippen LogP contribution in [0.5, 0.6) is 0 Å². The van der Waals surface area contributed by atoms with Gasteiger partial charge in [0.15, 0.2) is 5.78 Å². The predicted molar refractivity (Wildman–Crippen MR) is 124 cm³/mol. The molecular weight excluding hydrogens is 556 g/mol. The van der Waals surface area contributed by atoms with Crippen LogP contribution in [-0.2, 0) is 15.2 Å². The summed E-state index contributed by atoms with van der Waals surface area (Å²) in [6.45, 7) is 0.0483. The molecule has 2 aromatic rings. The number of nitrogens with zero attached hydrogens (tertiary/aromatic N) is 1. The number of anilines is 1. The zero-order valence-corrected chi connectivity index (χ0v) is 20.3. The van der Waals surface area contributed by atoms with Gasteiger partial charge in [-0.25, -0.2) is 0 Å². The number of ketones is 1. The SMILES string of the molecule is O=C(CCCBr)CNc1cc(C2=NOC(c3cc(Cl)cc(Cl)c3)(C(F)(F)F)C2)ccc1Cl. The van der Waals surface area contributed by atoms with Gasteiger partial charge in [-0.1, -0.05) is 62.0 Å². The number of halogens is 7. The Morgan fingerprint density at radius 3 is 2.47 bits per heavy atom. The normalized spacial score (nSPS) is 18.3. The van der Waals surface area contributed by atoms with Crippen LogP contribution in [0.3, 0.4) is 0 Å². The van der Waals surface area contributed by atoms with Gasteiger partial charge in [0.25, 0.3) is 5.60 Å². The average molecular weight is 573 g/mol. The third kappa shape index (κ3) is 5.53. The first-order chi connectivity index (χ1) is 15.1. The Hall–Kier alpha value is -1.48. The van der Waals surface area contributed by atoms with E-state index in [1.54, 1.807) is 12.1 Å². The summed E-state index contributed by atoms with van der Waals surface area (Å²) in [5.41, 5.74) is -2.11. The van der Waals surface area contributed by atoms with Gasteiger partial charge in [0.2, 0.25) is 0 Å². The summed E-state index contributed by atoms with van der Waals surface area (Å²) in [5, 5.41) is 7.81. The smallest absolute Gasteiger partial charge is 0.377 e. The number of hydrogen-bond acceptors (Lipinski definition) is 4. The highest BCUT2D eigenvalue weighted by Crippen LogP contribution is 2.49. The van der Waals surface area contributed by atoms with Crippen LogP contribution < -0.4 is 5.32 Å². The number of hydrogen-bond donors (Lipinski definition) is 1. The number of alkyl halides is 4. The molecule has 1 aliphatic heterocycles. The van der Waals surface area contributed by atoms with E-state index in [9.17, 15) is 18.0 Å². The molecule has 0 aliphatic carbocycles. The van der Waals surface area contributed by atoms with E-state index >= 15 is 0 Å².